The highest BCUT2D eigenvalue weighted by molar-refractivity contribution is 7.07. The van der Waals surface area contributed by atoms with Gasteiger partial charge in [-0.25, -0.2) is 0 Å². The van der Waals surface area contributed by atoms with Gasteiger partial charge in [0.1, 0.15) is 6.17 Å². The van der Waals surface area contributed by atoms with Crippen molar-refractivity contribution in [3.05, 3.63) is 22.4 Å². The number of nitrogens with one attached hydrogen (secondary N) is 1. The highest BCUT2D eigenvalue weighted by Gasteiger charge is 2.32. The van der Waals surface area contributed by atoms with Crippen molar-refractivity contribution in [3.8, 4) is 0 Å². The zero-order valence-electron chi connectivity index (χ0n) is 10.2. The number of halogens is 3. The van der Waals surface area contributed by atoms with Gasteiger partial charge in [-0.15, -0.1) is 0 Å². The van der Waals surface area contributed by atoms with Gasteiger partial charge in [0, 0.05) is 13.0 Å². The van der Waals surface area contributed by atoms with Crippen LogP contribution in [0.1, 0.15) is 31.0 Å². The Morgan fingerprint density at radius 3 is 2.84 bits per heavy atom. The number of rotatable bonds is 5. The van der Waals surface area contributed by atoms with E-state index in [1.807, 2.05) is 16.8 Å². The molecule has 7 heteroatoms. The van der Waals surface area contributed by atoms with Crippen molar-refractivity contribution in [2.24, 2.45) is 0 Å². The van der Waals surface area contributed by atoms with Gasteiger partial charge in [0.25, 0.3) is 0 Å². The Balaban J connectivity index is 1.85. The summed E-state index contributed by atoms with van der Waals surface area (Å²) in [7, 11) is 0. The zero-order chi connectivity index (χ0) is 13.9. The fraction of sp³-hybridized carbons (Fsp3) is 0.583. The molecule has 1 aromatic rings. The van der Waals surface area contributed by atoms with Crippen LogP contribution in [0.3, 0.4) is 0 Å². The third-order valence-electron chi connectivity index (χ3n) is 3.05. The van der Waals surface area contributed by atoms with Crippen molar-refractivity contribution in [1.82, 2.24) is 10.2 Å². The van der Waals surface area contributed by atoms with E-state index in [-0.39, 0.29) is 25.0 Å². The second-order valence-electron chi connectivity index (χ2n) is 4.50. The monoisotopic (exact) mass is 292 g/mol. The lowest BCUT2D eigenvalue weighted by molar-refractivity contribution is -0.136. The highest BCUT2D eigenvalue weighted by Crippen LogP contribution is 2.26. The summed E-state index contributed by atoms with van der Waals surface area (Å²) in [6.45, 7) is 0.613. The number of alkyl halides is 3. The standard InChI is InChI=1S/C12H15F3N2OS/c13-12(14,15)4-1-2-5-17-10(18)7-16-11(17)9-3-6-19-8-9/h3,6,8,11,16H,1-2,4-5,7H2. The molecular weight excluding hydrogens is 277 g/mol. The maximum atomic E-state index is 12.0. The molecule has 106 valence electrons. The molecular formula is C12H15F3N2OS. The van der Waals surface area contributed by atoms with E-state index >= 15 is 0 Å². The SMILES string of the molecule is O=C1CNC(c2ccsc2)N1CCCCC(F)(F)F. The molecule has 3 nitrogen and oxygen atoms in total. The van der Waals surface area contributed by atoms with Gasteiger partial charge >= 0.3 is 6.18 Å². The summed E-state index contributed by atoms with van der Waals surface area (Å²) in [6, 6.07) is 1.92. The number of carbonyl (C=O) groups excluding carboxylic acids is 1. The fourth-order valence-electron chi connectivity index (χ4n) is 2.13. The summed E-state index contributed by atoms with van der Waals surface area (Å²) in [4.78, 5) is 13.3. The third kappa shape index (κ3) is 3.94. The number of thiophene rings is 1. The summed E-state index contributed by atoms with van der Waals surface area (Å²) in [5, 5.41) is 6.94. The molecule has 0 aromatic carbocycles. The van der Waals surface area contributed by atoms with Crippen LogP contribution in [0.5, 0.6) is 0 Å². The van der Waals surface area contributed by atoms with E-state index in [0.717, 1.165) is 5.56 Å². The third-order valence-corrected chi connectivity index (χ3v) is 3.75. The van der Waals surface area contributed by atoms with Crippen LogP contribution in [0.25, 0.3) is 0 Å². The molecule has 1 aromatic heterocycles. The van der Waals surface area contributed by atoms with Gasteiger partial charge in [0.05, 0.1) is 6.54 Å². The first-order chi connectivity index (χ1) is 8.97. The molecule has 2 rings (SSSR count). The molecule has 0 bridgehead atoms. The molecule has 1 atom stereocenters. The summed E-state index contributed by atoms with van der Waals surface area (Å²) in [5.74, 6) is -0.0526. The number of carbonyl (C=O) groups is 1. The molecule has 1 aliphatic heterocycles. The van der Waals surface area contributed by atoms with Gasteiger partial charge in [0.15, 0.2) is 0 Å². The van der Waals surface area contributed by atoms with E-state index in [1.165, 1.54) is 11.3 Å². The van der Waals surface area contributed by atoms with Gasteiger partial charge in [-0.1, -0.05) is 0 Å². The van der Waals surface area contributed by atoms with Gasteiger partial charge < -0.3 is 4.90 Å². The van der Waals surface area contributed by atoms with Crippen molar-refractivity contribution < 1.29 is 18.0 Å². The quantitative estimate of drug-likeness (QED) is 0.846. The van der Waals surface area contributed by atoms with Crippen LogP contribution in [-0.4, -0.2) is 30.1 Å². The van der Waals surface area contributed by atoms with E-state index < -0.39 is 12.6 Å². The van der Waals surface area contributed by atoms with Crippen molar-refractivity contribution in [2.75, 3.05) is 13.1 Å². The minimum Gasteiger partial charge on any atom is -0.322 e. The molecule has 0 aliphatic carbocycles. The second-order valence-corrected chi connectivity index (χ2v) is 5.28. The van der Waals surface area contributed by atoms with Gasteiger partial charge in [0.2, 0.25) is 5.91 Å². The van der Waals surface area contributed by atoms with Gasteiger partial charge in [-0.05, 0) is 35.2 Å². The lowest BCUT2D eigenvalue weighted by Crippen LogP contribution is -2.31. The number of unbranched alkanes of at least 4 members (excludes halogenated alkanes) is 1. The molecule has 1 aliphatic rings. The van der Waals surface area contributed by atoms with E-state index in [2.05, 4.69) is 5.32 Å². The van der Waals surface area contributed by atoms with Gasteiger partial charge in [-0.2, -0.15) is 24.5 Å². The van der Waals surface area contributed by atoms with E-state index in [0.29, 0.717) is 13.0 Å². The Labute approximate surface area is 113 Å². The number of amides is 1. The molecule has 1 fully saturated rings. The summed E-state index contributed by atoms with van der Waals surface area (Å²) in [5.41, 5.74) is 0.992. The topological polar surface area (TPSA) is 32.3 Å². The molecule has 19 heavy (non-hydrogen) atoms. The van der Waals surface area contributed by atoms with Crippen LogP contribution in [0.15, 0.2) is 16.8 Å². The van der Waals surface area contributed by atoms with E-state index in [9.17, 15) is 18.0 Å². The Bertz CT molecular complexity index is 419. The van der Waals surface area contributed by atoms with Crippen LogP contribution in [0, 0.1) is 0 Å². The molecule has 2 heterocycles. The Morgan fingerprint density at radius 2 is 2.21 bits per heavy atom. The van der Waals surface area contributed by atoms with E-state index in [1.54, 1.807) is 4.90 Å². The maximum absolute atomic E-state index is 12.0. The van der Waals surface area contributed by atoms with Crippen LogP contribution < -0.4 is 5.32 Å². The molecule has 1 saturated heterocycles. The predicted molar refractivity (Wildman–Crippen MR) is 66.7 cm³/mol. The first-order valence-electron chi connectivity index (χ1n) is 6.09. The molecule has 0 radical (unpaired) electrons. The Morgan fingerprint density at radius 1 is 1.42 bits per heavy atom. The van der Waals surface area contributed by atoms with Crippen LogP contribution >= 0.6 is 11.3 Å². The maximum Gasteiger partial charge on any atom is 0.389 e. The Kier molecular flexibility index (Phi) is 4.46. The lowest BCUT2D eigenvalue weighted by atomic mass is 10.2. The van der Waals surface area contributed by atoms with Gasteiger partial charge in [-0.3, -0.25) is 10.1 Å². The average Bonchev–Trinajstić information content (AvgIpc) is 2.93. The molecule has 1 amide bonds. The number of hydrogen-bond acceptors (Lipinski definition) is 3. The summed E-state index contributed by atoms with van der Waals surface area (Å²) in [6.07, 6.45) is -4.66. The smallest absolute Gasteiger partial charge is 0.322 e. The average molecular weight is 292 g/mol. The molecule has 1 N–H and O–H groups in total. The van der Waals surface area contributed by atoms with Crippen LogP contribution in [0.2, 0.25) is 0 Å². The Hall–Kier alpha value is -1.08. The zero-order valence-corrected chi connectivity index (χ0v) is 11.1. The normalized spacial score (nSPS) is 20.3. The fourth-order valence-corrected chi connectivity index (χ4v) is 2.81. The molecule has 0 saturated carbocycles. The minimum atomic E-state index is -4.11. The predicted octanol–water partition coefficient (Wildman–Crippen LogP) is 2.91. The first kappa shape index (κ1) is 14.3. The van der Waals surface area contributed by atoms with Crippen LogP contribution in [-0.2, 0) is 4.79 Å². The highest BCUT2D eigenvalue weighted by atomic mass is 32.1. The lowest BCUT2D eigenvalue weighted by Gasteiger charge is -2.23. The number of nitrogens with zero attached hydrogens (tertiary/aromatic N) is 1. The summed E-state index contributed by atoms with van der Waals surface area (Å²) >= 11 is 1.53. The van der Waals surface area contributed by atoms with E-state index in [4.69, 9.17) is 0 Å². The largest absolute Gasteiger partial charge is 0.389 e. The summed E-state index contributed by atoms with van der Waals surface area (Å²) < 4.78 is 36.1. The molecule has 1 unspecified atom stereocenters. The number of hydrogen-bond donors (Lipinski definition) is 1. The van der Waals surface area contributed by atoms with Crippen molar-refractivity contribution in [1.29, 1.82) is 0 Å². The second kappa shape index (κ2) is 5.92. The van der Waals surface area contributed by atoms with Crippen molar-refractivity contribution in [3.63, 3.8) is 0 Å². The first-order valence-corrected chi connectivity index (χ1v) is 7.03. The minimum absolute atomic E-state index is 0.0526. The molecule has 0 spiro atoms. The van der Waals surface area contributed by atoms with Crippen molar-refractivity contribution >= 4 is 17.2 Å². The van der Waals surface area contributed by atoms with Crippen molar-refractivity contribution in [2.45, 2.75) is 31.6 Å². The van der Waals surface area contributed by atoms with Crippen LogP contribution in [0.4, 0.5) is 13.2 Å².